The van der Waals surface area contributed by atoms with Crippen molar-refractivity contribution in [1.82, 2.24) is 0 Å². The molecule has 27 heavy (non-hydrogen) atoms. The number of esters is 2. The third kappa shape index (κ3) is 10.8. The van der Waals surface area contributed by atoms with E-state index in [9.17, 15) is 9.59 Å². The first-order valence-electron chi connectivity index (χ1n) is 11.5. The topological polar surface area (TPSA) is 52.6 Å². The van der Waals surface area contributed by atoms with Crippen molar-refractivity contribution < 1.29 is 19.1 Å². The molecule has 4 heteroatoms. The molecule has 0 amide bonds. The number of carbonyl (C=O) groups excluding carboxylic acids is 2. The Morgan fingerprint density at radius 2 is 1.04 bits per heavy atom. The van der Waals surface area contributed by atoms with Crippen molar-refractivity contribution in [2.24, 2.45) is 11.8 Å². The summed E-state index contributed by atoms with van der Waals surface area (Å²) in [6.45, 7) is 5.35. The fourth-order valence-corrected chi connectivity index (χ4v) is 3.84. The van der Waals surface area contributed by atoms with Gasteiger partial charge in [0.1, 0.15) is 0 Å². The molecular formula is C23H42O4. The van der Waals surface area contributed by atoms with Crippen molar-refractivity contribution >= 4 is 11.9 Å². The Kier molecular flexibility index (Phi) is 14.2. The highest BCUT2D eigenvalue weighted by atomic mass is 16.5. The molecule has 1 aliphatic carbocycles. The molecule has 0 aliphatic heterocycles. The molecule has 158 valence electrons. The second-order valence-corrected chi connectivity index (χ2v) is 8.01. The van der Waals surface area contributed by atoms with E-state index in [0.717, 1.165) is 57.8 Å². The largest absolute Gasteiger partial charge is 0.465 e. The maximum atomic E-state index is 12.6. The number of hydrogen-bond donors (Lipinski definition) is 0. The molecule has 4 nitrogen and oxygen atoms in total. The molecule has 1 fully saturated rings. The summed E-state index contributed by atoms with van der Waals surface area (Å²) in [5.74, 6) is -0.985. The Bertz CT molecular complexity index is 358. The minimum atomic E-state index is -0.310. The van der Waals surface area contributed by atoms with Crippen LogP contribution in [0.5, 0.6) is 0 Å². The Morgan fingerprint density at radius 3 is 1.44 bits per heavy atom. The van der Waals surface area contributed by atoms with Crippen LogP contribution in [0.25, 0.3) is 0 Å². The molecule has 0 aromatic rings. The SMILES string of the molecule is CCCCCCCOC(=O)C1CCCCCC1C(=O)OCCCCCCC. The number of rotatable bonds is 14. The highest BCUT2D eigenvalue weighted by molar-refractivity contribution is 5.82. The standard InChI is InChI=1S/C23H42O4/c1-3-5-7-9-14-18-26-22(24)20-16-12-11-13-17-21(20)23(25)27-19-15-10-8-6-4-2/h20-21H,3-19H2,1-2H3. The fraction of sp³-hybridized carbons (Fsp3) is 0.913. The van der Waals surface area contributed by atoms with E-state index in [0.29, 0.717) is 13.2 Å². The predicted molar refractivity (Wildman–Crippen MR) is 110 cm³/mol. The molecule has 1 rings (SSSR count). The average molecular weight is 383 g/mol. The van der Waals surface area contributed by atoms with E-state index in [-0.39, 0.29) is 23.8 Å². The summed E-state index contributed by atoms with van der Waals surface area (Å²) < 4.78 is 11.0. The molecule has 0 spiro atoms. The molecule has 2 atom stereocenters. The van der Waals surface area contributed by atoms with E-state index >= 15 is 0 Å². The molecule has 0 heterocycles. The first kappa shape index (κ1) is 24.0. The number of unbranched alkanes of at least 4 members (excludes halogenated alkanes) is 8. The number of ether oxygens (including phenoxy) is 2. The molecule has 0 N–H and O–H groups in total. The first-order chi connectivity index (χ1) is 13.2. The first-order valence-corrected chi connectivity index (χ1v) is 11.5. The van der Waals surface area contributed by atoms with Crippen LogP contribution in [0.3, 0.4) is 0 Å². The van der Waals surface area contributed by atoms with Crippen LogP contribution in [-0.2, 0) is 19.1 Å². The third-order valence-electron chi connectivity index (χ3n) is 5.61. The Balaban J connectivity index is 2.37. The van der Waals surface area contributed by atoms with Crippen molar-refractivity contribution in [3.05, 3.63) is 0 Å². The monoisotopic (exact) mass is 382 g/mol. The zero-order valence-electron chi connectivity index (χ0n) is 17.8. The summed E-state index contributed by atoms with van der Waals surface area (Å²) in [5, 5.41) is 0. The van der Waals surface area contributed by atoms with Crippen LogP contribution in [0.4, 0.5) is 0 Å². The van der Waals surface area contributed by atoms with Crippen LogP contribution in [-0.4, -0.2) is 25.2 Å². The lowest BCUT2D eigenvalue weighted by Gasteiger charge is -2.22. The van der Waals surface area contributed by atoms with Crippen molar-refractivity contribution in [3.63, 3.8) is 0 Å². The second kappa shape index (κ2) is 15.9. The van der Waals surface area contributed by atoms with Crippen LogP contribution < -0.4 is 0 Å². The Labute approximate surface area is 166 Å². The summed E-state index contributed by atoms with van der Waals surface area (Å²) in [7, 11) is 0. The van der Waals surface area contributed by atoms with Crippen molar-refractivity contribution in [3.8, 4) is 0 Å². The van der Waals surface area contributed by atoms with E-state index in [2.05, 4.69) is 13.8 Å². The van der Waals surface area contributed by atoms with E-state index < -0.39 is 0 Å². The molecule has 1 saturated carbocycles. The van der Waals surface area contributed by atoms with Crippen molar-refractivity contribution in [2.45, 2.75) is 110 Å². The summed E-state index contributed by atoms with van der Waals surface area (Å²) in [6.07, 6.45) is 15.9. The van der Waals surface area contributed by atoms with Gasteiger partial charge in [-0.25, -0.2) is 0 Å². The van der Waals surface area contributed by atoms with Gasteiger partial charge in [0.05, 0.1) is 25.0 Å². The summed E-state index contributed by atoms with van der Waals surface area (Å²) in [6, 6.07) is 0. The van der Waals surface area contributed by atoms with Crippen LogP contribution in [0.15, 0.2) is 0 Å². The summed E-state index contributed by atoms with van der Waals surface area (Å²) in [4.78, 5) is 25.1. The molecule has 2 unspecified atom stereocenters. The van der Waals surface area contributed by atoms with Gasteiger partial charge in [-0.3, -0.25) is 9.59 Å². The summed E-state index contributed by atoms with van der Waals surface area (Å²) in [5.41, 5.74) is 0. The van der Waals surface area contributed by atoms with Gasteiger partial charge in [-0.05, 0) is 25.7 Å². The van der Waals surface area contributed by atoms with Gasteiger partial charge in [0.2, 0.25) is 0 Å². The molecule has 0 aromatic heterocycles. The smallest absolute Gasteiger partial charge is 0.309 e. The highest BCUT2D eigenvalue weighted by Gasteiger charge is 2.36. The van der Waals surface area contributed by atoms with Gasteiger partial charge in [-0.1, -0.05) is 84.5 Å². The number of hydrogen-bond acceptors (Lipinski definition) is 4. The number of carbonyl (C=O) groups is 2. The summed E-state index contributed by atoms with van der Waals surface area (Å²) >= 11 is 0. The van der Waals surface area contributed by atoms with Gasteiger partial charge >= 0.3 is 11.9 Å². The predicted octanol–water partition coefficient (Wildman–Crippen LogP) is 6.21. The normalized spacial score (nSPS) is 20.1. The Hall–Kier alpha value is -1.06. The molecule has 0 saturated heterocycles. The van der Waals surface area contributed by atoms with Crippen LogP contribution in [0.2, 0.25) is 0 Å². The van der Waals surface area contributed by atoms with E-state index in [1.54, 1.807) is 0 Å². The van der Waals surface area contributed by atoms with E-state index in [1.165, 1.54) is 38.5 Å². The lowest BCUT2D eigenvalue weighted by molar-refractivity contribution is -0.161. The van der Waals surface area contributed by atoms with E-state index in [1.807, 2.05) is 0 Å². The zero-order chi connectivity index (χ0) is 19.7. The van der Waals surface area contributed by atoms with Crippen molar-refractivity contribution in [2.75, 3.05) is 13.2 Å². The van der Waals surface area contributed by atoms with E-state index in [4.69, 9.17) is 9.47 Å². The van der Waals surface area contributed by atoms with Gasteiger partial charge in [-0.2, -0.15) is 0 Å². The van der Waals surface area contributed by atoms with Gasteiger partial charge in [0.15, 0.2) is 0 Å². The molecule has 0 aromatic carbocycles. The minimum absolute atomic E-state index is 0.183. The van der Waals surface area contributed by atoms with Gasteiger partial charge in [-0.15, -0.1) is 0 Å². The second-order valence-electron chi connectivity index (χ2n) is 8.01. The van der Waals surface area contributed by atoms with Crippen molar-refractivity contribution in [1.29, 1.82) is 0 Å². The molecular weight excluding hydrogens is 340 g/mol. The minimum Gasteiger partial charge on any atom is -0.465 e. The average Bonchev–Trinajstić information content (AvgIpc) is 2.93. The zero-order valence-corrected chi connectivity index (χ0v) is 17.8. The van der Waals surface area contributed by atoms with Crippen LogP contribution >= 0.6 is 0 Å². The lowest BCUT2D eigenvalue weighted by atomic mass is 9.88. The van der Waals surface area contributed by atoms with Gasteiger partial charge in [0.25, 0.3) is 0 Å². The highest BCUT2D eigenvalue weighted by Crippen LogP contribution is 2.31. The quantitative estimate of drug-likeness (QED) is 0.204. The fourth-order valence-electron chi connectivity index (χ4n) is 3.84. The molecule has 0 bridgehead atoms. The van der Waals surface area contributed by atoms with Gasteiger partial charge in [0, 0.05) is 0 Å². The van der Waals surface area contributed by atoms with Crippen LogP contribution in [0.1, 0.15) is 110 Å². The van der Waals surface area contributed by atoms with Crippen LogP contribution in [0, 0.1) is 11.8 Å². The van der Waals surface area contributed by atoms with Gasteiger partial charge < -0.3 is 9.47 Å². The maximum absolute atomic E-state index is 12.6. The third-order valence-corrected chi connectivity index (χ3v) is 5.61. The molecule has 1 aliphatic rings. The lowest BCUT2D eigenvalue weighted by Crippen LogP contribution is -2.32. The molecule has 0 radical (unpaired) electrons. The Morgan fingerprint density at radius 1 is 0.630 bits per heavy atom. The maximum Gasteiger partial charge on any atom is 0.309 e.